The smallest absolute Gasteiger partial charge is 0.188 e. The lowest BCUT2D eigenvalue weighted by molar-refractivity contribution is 0.709. The van der Waals surface area contributed by atoms with Crippen molar-refractivity contribution in [2.24, 2.45) is 27.5 Å². The van der Waals surface area contributed by atoms with E-state index in [0.29, 0.717) is 23.3 Å². The zero-order valence-corrected chi connectivity index (χ0v) is 24.4. The van der Waals surface area contributed by atoms with Gasteiger partial charge in [0.1, 0.15) is 22.8 Å². The molecule has 210 valence electrons. The van der Waals surface area contributed by atoms with Crippen LogP contribution in [0, 0.1) is 0 Å². The van der Waals surface area contributed by atoms with Crippen LogP contribution in [-0.4, -0.2) is 54.8 Å². The molecule has 0 aromatic carbocycles. The normalized spacial score (nSPS) is 18.1. The van der Waals surface area contributed by atoms with E-state index in [1.165, 1.54) is 0 Å². The highest BCUT2D eigenvalue weighted by molar-refractivity contribution is 7.86. The van der Waals surface area contributed by atoms with Gasteiger partial charge in [0.25, 0.3) is 0 Å². The fourth-order valence-electron chi connectivity index (χ4n) is 4.12. The van der Waals surface area contributed by atoms with Crippen LogP contribution >= 0.6 is 0 Å². The van der Waals surface area contributed by atoms with Crippen molar-refractivity contribution in [1.29, 1.82) is 0 Å². The Morgan fingerprint density at radius 3 is 1.10 bits per heavy atom. The second-order valence-electron chi connectivity index (χ2n) is 9.25. The topological polar surface area (TPSA) is 126 Å². The summed E-state index contributed by atoms with van der Waals surface area (Å²) in [4.78, 5) is 27.2. The Labute approximate surface area is 249 Å². The van der Waals surface area contributed by atoms with Gasteiger partial charge in [0.2, 0.25) is 0 Å². The zero-order valence-electron chi connectivity index (χ0n) is 22.8. The molecular formula is C30H28N10S2. The van der Waals surface area contributed by atoms with Crippen LogP contribution in [0.1, 0.15) is 48.5 Å². The number of nitrogens with zero attached hydrogens (tertiary/aromatic N) is 10. The molecule has 0 N–H and O–H groups in total. The first kappa shape index (κ1) is 27.7. The molecule has 2 aliphatic rings. The van der Waals surface area contributed by atoms with Gasteiger partial charge in [0, 0.05) is 58.0 Å². The van der Waals surface area contributed by atoms with Gasteiger partial charge >= 0.3 is 0 Å². The first-order chi connectivity index (χ1) is 20.8. The first-order valence-corrected chi connectivity index (χ1v) is 16.3. The molecule has 2 unspecified atom stereocenters. The van der Waals surface area contributed by atoms with Crippen molar-refractivity contribution < 1.29 is 0 Å². The molecule has 2 atom stereocenters. The number of aliphatic imine (C=N–C) groups is 2. The molecule has 0 spiro atoms. The predicted octanol–water partition coefficient (Wildman–Crippen LogP) is 5.38. The maximum atomic E-state index is 4.84. The van der Waals surface area contributed by atoms with Crippen LogP contribution in [0.15, 0.2) is 125 Å². The average molecular weight is 593 g/mol. The van der Waals surface area contributed by atoms with Gasteiger partial charge in [-0.1, -0.05) is 37.1 Å². The molecule has 10 nitrogen and oxygen atoms in total. The maximum absolute atomic E-state index is 4.84. The van der Waals surface area contributed by atoms with E-state index in [4.69, 9.17) is 17.5 Å². The largest absolute Gasteiger partial charge is 0.253 e. The highest BCUT2D eigenvalue weighted by atomic mass is 32.2. The molecule has 0 saturated heterocycles. The van der Waals surface area contributed by atoms with E-state index in [2.05, 4.69) is 29.9 Å². The minimum absolute atomic E-state index is 0.534. The van der Waals surface area contributed by atoms with Crippen LogP contribution in [0.4, 0.5) is 0 Å². The number of pyridine rings is 4. The van der Waals surface area contributed by atoms with Crippen molar-refractivity contribution in [2.45, 2.75) is 25.7 Å². The summed E-state index contributed by atoms with van der Waals surface area (Å²) < 4.78 is 19.3. The molecule has 0 saturated carbocycles. The third kappa shape index (κ3) is 7.25. The van der Waals surface area contributed by atoms with Crippen molar-refractivity contribution in [3.05, 3.63) is 120 Å². The minimum atomic E-state index is -0.534. The van der Waals surface area contributed by atoms with Gasteiger partial charge in [0.15, 0.2) is 23.3 Å². The van der Waals surface area contributed by atoms with Crippen LogP contribution in [0.5, 0.6) is 0 Å². The Morgan fingerprint density at radius 1 is 0.405 bits per heavy atom. The molecule has 12 heteroatoms. The van der Waals surface area contributed by atoms with Crippen molar-refractivity contribution in [1.82, 2.24) is 19.9 Å². The lowest BCUT2D eigenvalue weighted by Gasteiger charge is -2.13. The number of amidine groups is 4. The molecule has 0 amide bonds. The van der Waals surface area contributed by atoms with Gasteiger partial charge < -0.3 is 0 Å². The highest BCUT2D eigenvalue weighted by Gasteiger charge is 2.17. The summed E-state index contributed by atoms with van der Waals surface area (Å²) in [6.45, 7) is 0. The van der Waals surface area contributed by atoms with Gasteiger partial charge in [-0.2, -0.15) is 17.5 Å². The Hall–Kier alpha value is -4.42. The first-order valence-electron chi connectivity index (χ1n) is 13.7. The zero-order chi connectivity index (χ0) is 28.4. The van der Waals surface area contributed by atoms with E-state index in [1.807, 2.05) is 72.8 Å². The van der Waals surface area contributed by atoms with Crippen LogP contribution in [0.25, 0.3) is 0 Å². The predicted molar refractivity (Wildman–Crippen MR) is 171 cm³/mol. The second-order valence-corrected chi connectivity index (χ2v) is 12.2. The van der Waals surface area contributed by atoms with Crippen LogP contribution in [-0.2, 0) is 21.8 Å². The van der Waals surface area contributed by atoms with Crippen molar-refractivity contribution in [2.75, 3.05) is 11.5 Å². The van der Waals surface area contributed by atoms with E-state index in [9.17, 15) is 0 Å². The van der Waals surface area contributed by atoms with E-state index in [-0.39, 0.29) is 0 Å². The molecule has 42 heavy (non-hydrogen) atoms. The molecular weight excluding hydrogens is 565 g/mol. The summed E-state index contributed by atoms with van der Waals surface area (Å²) in [5.41, 5.74) is 2.98. The maximum Gasteiger partial charge on any atom is 0.188 e. The Balaban J connectivity index is 1.08. The molecule has 4 aromatic rings. The average Bonchev–Trinajstić information content (AvgIpc) is 3.07. The summed E-state index contributed by atoms with van der Waals surface area (Å²) in [5, 5.41) is 0. The SMILES string of the molecule is c1ccc(C2=NC(c3ccccn3)=NS(CCCCCCS3=NC(c4ccccn4)=NC(c4ccccn4)=N3)=N2)nc1. The third-order valence-corrected chi connectivity index (χ3v) is 9.01. The fraction of sp³-hybridized carbons (Fsp3) is 0.200. The van der Waals surface area contributed by atoms with Crippen LogP contribution < -0.4 is 0 Å². The van der Waals surface area contributed by atoms with Crippen LogP contribution in [0.2, 0.25) is 0 Å². The number of unbranched alkanes of at least 4 members (excludes halogenated alkanes) is 3. The third-order valence-electron chi connectivity index (χ3n) is 6.17. The van der Waals surface area contributed by atoms with Gasteiger partial charge in [-0.05, 0) is 61.4 Å². The molecule has 0 bridgehead atoms. The fourth-order valence-corrected chi connectivity index (χ4v) is 6.82. The van der Waals surface area contributed by atoms with E-state index in [0.717, 1.165) is 60.0 Å². The van der Waals surface area contributed by atoms with Crippen molar-refractivity contribution >= 4 is 45.1 Å². The molecule has 0 radical (unpaired) electrons. The molecule has 2 aliphatic heterocycles. The minimum Gasteiger partial charge on any atom is -0.253 e. The molecule has 6 rings (SSSR count). The summed E-state index contributed by atoms with van der Waals surface area (Å²) >= 11 is 0. The molecule has 0 fully saturated rings. The van der Waals surface area contributed by atoms with Gasteiger partial charge in [-0.15, -0.1) is 0 Å². The van der Waals surface area contributed by atoms with Crippen molar-refractivity contribution in [3.8, 4) is 0 Å². The summed E-state index contributed by atoms with van der Waals surface area (Å²) in [5.74, 6) is 4.17. The second kappa shape index (κ2) is 14.0. The lowest BCUT2D eigenvalue weighted by atomic mass is 10.2. The standard InChI is InChI=1S/C30H28N10S2/c1(11-21-41-37-27(23-13-3-7-17-31-23)35-28(38-41)24-14-4-8-18-32-24)2-12-22-42-39-29(25-15-5-9-19-33-25)36-30(40-42)26-16-6-10-20-34-26/h3-10,13-20H,1-2,11-12,21-22H2. The summed E-state index contributed by atoms with van der Waals surface area (Å²) in [6, 6.07) is 23.0. The van der Waals surface area contributed by atoms with E-state index >= 15 is 0 Å². The van der Waals surface area contributed by atoms with Gasteiger partial charge in [-0.3, -0.25) is 19.9 Å². The van der Waals surface area contributed by atoms with Crippen molar-refractivity contribution in [3.63, 3.8) is 0 Å². The van der Waals surface area contributed by atoms with Gasteiger partial charge in [-0.25, -0.2) is 9.98 Å². The Bertz CT molecular complexity index is 1490. The number of rotatable bonds is 11. The van der Waals surface area contributed by atoms with Gasteiger partial charge in [0.05, 0.1) is 0 Å². The number of aromatic nitrogens is 4. The summed E-state index contributed by atoms with van der Waals surface area (Å²) in [7, 11) is -1.07. The van der Waals surface area contributed by atoms with E-state index in [1.54, 1.807) is 24.8 Å². The Kier molecular flexibility index (Phi) is 9.22. The summed E-state index contributed by atoms with van der Waals surface area (Å²) in [6.07, 6.45) is 11.2. The Morgan fingerprint density at radius 2 is 0.762 bits per heavy atom. The number of hydrogen-bond acceptors (Lipinski definition) is 10. The molecule has 4 aromatic heterocycles. The van der Waals surface area contributed by atoms with E-state index < -0.39 is 21.8 Å². The molecule has 0 aliphatic carbocycles. The molecule has 6 heterocycles. The monoisotopic (exact) mass is 592 g/mol. The number of hydrogen-bond donors (Lipinski definition) is 0. The quantitative estimate of drug-likeness (QED) is 0.217. The van der Waals surface area contributed by atoms with Crippen LogP contribution in [0.3, 0.4) is 0 Å². The lowest BCUT2D eigenvalue weighted by Crippen LogP contribution is -2.15. The highest BCUT2D eigenvalue weighted by Crippen LogP contribution is 2.16.